The van der Waals surface area contributed by atoms with E-state index in [0.29, 0.717) is 32.4 Å². The van der Waals surface area contributed by atoms with Gasteiger partial charge >= 0.3 is 5.97 Å². The van der Waals surface area contributed by atoms with Crippen molar-refractivity contribution in [2.45, 2.75) is 178 Å². The number of hydrogen-bond donors (Lipinski definition) is 9. The van der Waals surface area contributed by atoms with E-state index in [4.69, 9.17) is 29.4 Å². The van der Waals surface area contributed by atoms with Crippen LogP contribution in [0.3, 0.4) is 0 Å². The first kappa shape index (κ1) is 47.3. The monoisotopic (exact) mass is 791 g/mol. The van der Waals surface area contributed by atoms with E-state index in [1.807, 2.05) is 6.92 Å². The zero-order valence-electron chi connectivity index (χ0n) is 33.0. The quantitative estimate of drug-likeness (QED) is 0.0668. The second kappa shape index (κ2) is 24.0. The molecule has 0 spiro atoms. The normalized spacial score (nSPS) is 32.8. The van der Waals surface area contributed by atoms with Gasteiger partial charge in [0.25, 0.3) is 0 Å². The minimum absolute atomic E-state index is 0.0668. The molecule has 0 radical (unpaired) electrons. The molecule has 0 aromatic rings. The number of nitrogens with two attached hydrogens (primary N) is 1. The average Bonchev–Trinajstić information content (AvgIpc) is 3.23. The summed E-state index contributed by atoms with van der Waals surface area (Å²) in [7, 11) is 0. The Labute approximate surface area is 324 Å². The fourth-order valence-electron chi connectivity index (χ4n) is 7.75. The van der Waals surface area contributed by atoms with Crippen molar-refractivity contribution in [2.75, 3.05) is 26.3 Å². The molecule has 2 saturated heterocycles. The number of carboxylic acids is 1. The van der Waals surface area contributed by atoms with Gasteiger partial charge in [-0.3, -0.25) is 9.59 Å². The zero-order chi connectivity index (χ0) is 40.7. The van der Waals surface area contributed by atoms with Gasteiger partial charge in [-0.05, 0) is 64.3 Å². The maximum Gasteiger partial charge on any atom is 0.332 e. The van der Waals surface area contributed by atoms with Crippen molar-refractivity contribution in [3.63, 3.8) is 0 Å². The van der Waals surface area contributed by atoms with Crippen LogP contribution in [0.1, 0.15) is 105 Å². The number of nitrogens with one attached hydrogen (secondary N) is 2. The van der Waals surface area contributed by atoms with E-state index in [9.17, 15) is 45.0 Å². The average molecular weight is 792 g/mol. The van der Waals surface area contributed by atoms with E-state index in [1.54, 1.807) is 13.8 Å². The van der Waals surface area contributed by atoms with E-state index in [2.05, 4.69) is 10.6 Å². The third kappa shape index (κ3) is 15.0. The van der Waals surface area contributed by atoms with Crippen molar-refractivity contribution < 1.29 is 68.7 Å². The fourth-order valence-corrected chi connectivity index (χ4v) is 7.75. The highest BCUT2D eigenvalue weighted by molar-refractivity contribution is 5.78. The van der Waals surface area contributed by atoms with E-state index in [-0.39, 0.29) is 43.6 Å². The summed E-state index contributed by atoms with van der Waals surface area (Å²) in [5.41, 5.74) is 5.64. The number of carboxylic acid groups (broad SMARTS) is 1. The topological polar surface area (TPSA) is 269 Å². The Kier molecular flexibility index (Phi) is 20.7. The number of rotatable bonds is 22. The smallest absolute Gasteiger partial charge is 0.332 e. The minimum Gasteiger partial charge on any atom is -0.479 e. The number of aliphatic carboxylic acids is 1. The van der Waals surface area contributed by atoms with Gasteiger partial charge in [-0.1, -0.05) is 45.4 Å². The molecule has 3 fully saturated rings. The predicted molar refractivity (Wildman–Crippen MR) is 198 cm³/mol. The second-order valence-electron chi connectivity index (χ2n) is 15.7. The first-order valence-corrected chi connectivity index (χ1v) is 20.2. The molecule has 1 saturated carbocycles. The molecule has 0 aromatic heterocycles. The van der Waals surface area contributed by atoms with E-state index < -0.39 is 98.0 Å². The molecule has 0 bridgehead atoms. The number of carbonyl (C=O) groups is 3. The second-order valence-corrected chi connectivity index (χ2v) is 15.7. The molecular formula is C38H69N3O14. The molecule has 2 heterocycles. The summed E-state index contributed by atoms with van der Waals surface area (Å²) in [6, 6.07) is -1.16. The van der Waals surface area contributed by atoms with Crippen molar-refractivity contribution in [1.82, 2.24) is 10.6 Å². The van der Waals surface area contributed by atoms with Crippen LogP contribution in [0.4, 0.5) is 0 Å². The van der Waals surface area contributed by atoms with Crippen LogP contribution >= 0.6 is 0 Å². The lowest BCUT2D eigenvalue weighted by Crippen LogP contribution is -2.66. The molecule has 8 unspecified atom stereocenters. The molecule has 2 amide bonds. The number of carbonyl (C=O) groups excluding carboxylic acids is 2. The summed E-state index contributed by atoms with van der Waals surface area (Å²) in [5.74, 6) is -2.62. The van der Waals surface area contributed by atoms with Gasteiger partial charge in [0.05, 0.1) is 37.6 Å². The number of unbranched alkanes of at least 4 members (excludes halogenated alkanes) is 1. The summed E-state index contributed by atoms with van der Waals surface area (Å²) in [6.07, 6.45) is -5.27. The molecule has 55 heavy (non-hydrogen) atoms. The zero-order valence-corrected chi connectivity index (χ0v) is 33.0. The number of aliphatic hydroxyl groups excluding tert-OH is 5. The summed E-state index contributed by atoms with van der Waals surface area (Å²) >= 11 is 0. The van der Waals surface area contributed by atoms with Gasteiger partial charge in [-0.15, -0.1) is 0 Å². The van der Waals surface area contributed by atoms with Crippen LogP contribution in [-0.2, 0) is 38.1 Å². The molecular weight excluding hydrogens is 722 g/mol. The number of amides is 2. The number of aliphatic hydroxyl groups is 5. The summed E-state index contributed by atoms with van der Waals surface area (Å²) in [4.78, 5) is 38.6. The molecule has 3 aliphatic rings. The van der Waals surface area contributed by atoms with Crippen molar-refractivity contribution in [3.05, 3.63) is 0 Å². The van der Waals surface area contributed by atoms with Crippen LogP contribution in [0.15, 0.2) is 0 Å². The van der Waals surface area contributed by atoms with Crippen LogP contribution in [-0.4, -0.2) is 148 Å². The van der Waals surface area contributed by atoms with Crippen LogP contribution in [0.25, 0.3) is 0 Å². The Morgan fingerprint density at radius 2 is 1.65 bits per heavy atom. The van der Waals surface area contributed by atoms with Crippen molar-refractivity contribution >= 4 is 17.8 Å². The summed E-state index contributed by atoms with van der Waals surface area (Å²) in [5, 5.41) is 68.4. The summed E-state index contributed by atoms with van der Waals surface area (Å²) in [6.45, 7) is 6.88. The molecule has 1 aliphatic carbocycles. The van der Waals surface area contributed by atoms with Gasteiger partial charge in [0.1, 0.15) is 30.5 Å². The predicted octanol–water partition coefficient (Wildman–Crippen LogP) is 0.295. The Balaban J connectivity index is 1.78. The third-order valence-electron chi connectivity index (χ3n) is 11.1. The molecule has 2 aliphatic heterocycles. The molecule has 320 valence electrons. The van der Waals surface area contributed by atoms with Crippen LogP contribution < -0.4 is 16.4 Å². The lowest BCUT2D eigenvalue weighted by Gasteiger charge is -2.45. The first-order valence-electron chi connectivity index (χ1n) is 20.2. The highest BCUT2D eigenvalue weighted by atomic mass is 16.7. The first-order chi connectivity index (χ1) is 26.2. The Bertz CT molecular complexity index is 1150. The number of hydrogen-bond acceptors (Lipinski definition) is 14. The standard InChI is InChI=1S/C38H69N3O14/c1-5-24(20-51-38-32(46)28(45)18-27(44)22(3)53-38)16-26(35(48)40-14-10-9-13-39)15-21(2)52-37-31(41-23(4)43)34(33(47)30(19-42)55-37)54-29(36(49)50)17-25-11-7-6-8-12-25/h21-22,24-34,37-38,42,44-47H,5-20,39H2,1-4H3,(H,40,48)(H,41,43)(H,49,50)/t21-,22?,24+,26?,27?,28-,29-,30-,31?,32?,33?,34?,37+,38?/m0/s1. The van der Waals surface area contributed by atoms with Gasteiger partial charge in [0.2, 0.25) is 11.8 Å². The van der Waals surface area contributed by atoms with Gasteiger partial charge in [-0.2, -0.15) is 0 Å². The van der Waals surface area contributed by atoms with Gasteiger partial charge in [0, 0.05) is 25.8 Å². The van der Waals surface area contributed by atoms with Crippen LogP contribution in [0.2, 0.25) is 0 Å². The summed E-state index contributed by atoms with van der Waals surface area (Å²) < 4.78 is 30.1. The fraction of sp³-hybridized carbons (Fsp3) is 0.921. The van der Waals surface area contributed by atoms with Gasteiger partial charge < -0.3 is 70.7 Å². The van der Waals surface area contributed by atoms with E-state index in [1.165, 1.54) is 6.92 Å². The maximum atomic E-state index is 13.7. The van der Waals surface area contributed by atoms with E-state index >= 15 is 0 Å². The Hall–Kier alpha value is -2.03. The minimum atomic E-state index is -1.49. The highest BCUT2D eigenvalue weighted by Crippen LogP contribution is 2.33. The molecule has 17 nitrogen and oxygen atoms in total. The van der Waals surface area contributed by atoms with Crippen LogP contribution in [0.5, 0.6) is 0 Å². The van der Waals surface area contributed by atoms with Crippen LogP contribution in [0, 0.1) is 17.8 Å². The Morgan fingerprint density at radius 1 is 0.945 bits per heavy atom. The third-order valence-corrected chi connectivity index (χ3v) is 11.1. The van der Waals surface area contributed by atoms with Crippen molar-refractivity contribution in [1.29, 1.82) is 0 Å². The maximum absolute atomic E-state index is 13.7. The molecule has 10 N–H and O–H groups in total. The Morgan fingerprint density at radius 3 is 2.27 bits per heavy atom. The lowest BCUT2D eigenvalue weighted by atomic mass is 9.85. The molecule has 14 atom stereocenters. The molecule has 17 heteroatoms. The number of ether oxygens (including phenoxy) is 5. The van der Waals surface area contributed by atoms with Gasteiger partial charge in [0.15, 0.2) is 18.7 Å². The molecule has 0 aromatic carbocycles. The van der Waals surface area contributed by atoms with Crippen molar-refractivity contribution in [2.24, 2.45) is 23.5 Å². The van der Waals surface area contributed by atoms with E-state index in [0.717, 1.165) is 38.5 Å². The van der Waals surface area contributed by atoms with Gasteiger partial charge in [-0.25, -0.2) is 4.79 Å². The highest BCUT2D eigenvalue weighted by Gasteiger charge is 2.49. The largest absolute Gasteiger partial charge is 0.479 e. The van der Waals surface area contributed by atoms with Crippen molar-refractivity contribution in [3.8, 4) is 0 Å². The SMILES string of the molecule is CC[C@@H](COC1OC(C)C(O)C[C@H](O)C1O)CC(C[C@H](C)O[C@@H]1O[C@@H](CO)C(O)C(O[C@@H](CC2CCCCC2)C(=O)O)C1NC(C)=O)C(=O)NCCCCN. The molecule has 3 rings (SSSR count). The lowest BCUT2D eigenvalue weighted by molar-refractivity contribution is -0.292.